The number of carbonyl (C=O) groups excluding carboxylic acids is 3. The van der Waals surface area contributed by atoms with E-state index in [1.54, 1.807) is 6.20 Å². The molecule has 12 heteroatoms. The summed E-state index contributed by atoms with van der Waals surface area (Å²) >= 11 is 0. The molecule has 0 bridgehead atoms. The molecule has 8 N–H and O–H groups in total. The number of carboxylic acid groups (broad SMARTS) is 1. The summed E-state index contributed by atoms with van der Waals surface area (Å²) in [5, 5.41) is 18.8. The van der Waals surface area contributed by atoms with Gasteiger partial charge in [0.15, 0.2) is 0 Å². The van der Waals surface area contributed by atoms with Crippen LogP contribution in [0.1, 0.15) is 37.1 Å². The molecule has 2 aromatic carbocycles. The van der Waals surface area contributed by atoms with Gasteiger partial charge in [-0.2, -0.15) is 0 Å². The number of benzene rings is 2. The van der Waals surface area contributed by atoms with Crippen molar-refractivity contribution in [3.63, 3.8) is 0 Å². The maximum absolute atomic E-state index is 13.8. The van der Waals surface area contributed by atoms with Crippen LogP contribution in [-0.2, 0) is 38.4 Å². The highest BCUT2D eigenvalue weighted by Crippen LogP contribution is 2.19. The van der Waals surface area contributed by atoms with E-state index in [0.29, 0.717) is 12.1 Å². The summed E-state index contributed by atoms with van der Waals surface area (Å²) in [6, 6.07) is 12.4. The first-order valence-corrected chi connectivity index (χ1v) is 14.6. The molecule has 0 saturated carbocycles. The minimum atomic E-state index is -1.28. The predicted molar refractivity (Wildman–Crippen MR) is 165 cm³/mol. The molecule has 0 aliphatic rings. The van der Waals surface area contributed by atoms with Crippen LogP contribution in [0.15, 0.2) is 73.3 Å². The monoisotopic (exact) mass is 601 g/mol. The van der Waals surface area contributed by atoms with E-state index in [0.717, 1.165) is 22.0 Å². The highest BCUT2D eigenvalue weighted by molar-refractivity contribution is 5.95. The molecule has 0 aliphatic heterocycles. The molecule has 2 aromatic heterocycles. The number of hydrogen-bond acceptors (Lipinski definition) is 6. The van der Waals surface area contributed by atoms with Crippen LogP contribution >= 0.6 is 0 Å². The smallest absolute Gasteiger partial charge is 0.326 e. The number of carbonyl (C=O) groups is 4. The summed E-state index contributed by atoms with van der Waals surface area (Å²) in [6.07, 6.45) is 5.28. The van der Waals surface area contributed by atoms with Crippen molar-refractivity contribution in [2.24, 2.45) is 11.7 Å². The Morgan fingerprint density at radius 2 is 1.45 bits per heavy atom. The van der Waals surface area contributed by atoms with Gasteiger partial charge < -0.3 is 36.8 Å². The van der Waals surface area contributed by atoms with Crippen LogP contribution in [0.5, 0.6) is 0 Å². The van der Waals surface area contributed by atoms with Crippen molar-refractivity contribution >= 4 is 34.6 Å². The zero-order valence-corrected chi connectivity index (χ0v) is 24.7. The van der Waals surface area contributed by atoms with Gasteiger partial charge in [0.25, 0.3) is 0 Å². The number of H-pyrrole nitrogens is 2. The minimum absolute atomic E-state index is 0.0325. The molecular formula is C32H39N7O5. The third-order valence-electron chi connectivity index (χ3n) is 7.30. The first-order chi connectivity index (χ1) is 21.1. The van der Waals surface area contributed by atoms with Gasteiger partial charge in [-0.3, -0.25) is 14.4 Å². The number of nitrogens with zero attached hydrogens (tertiary/aromatic N) is 1. The molecule has 4 unspecified atom stereocenters. The number of amides is 3. The van der Waals surface area contributed by atoms with Crippen LogP contribution < -0.4 is 21.7 Å². The van der Waals surface area contributed by atoms with Crippen molar-refractivity contribution in [3.05, 3.63) is 90.1 Å². The molecule has 4 aromatic rings. The predicted octanol–water partition coefficient (Wildman–Crippen LogP) is 1.83. The zero-order chi connectivity index (χ0) is 31.6. The zero-order valence-electron chi connectivity index (χ0n) is 24.7. The summed E-state index contributed by atoms with van der Waals surface area (Å²) in [6.45, 7) is 3.90. The maximum atomic E-state index is 13.8. The van der Waals surface area contributed by atoms with Crippen molar-refractivity contribution in [2.45, 2.75) is 63.7 Å². The first kappa shape index (κ1) is 32.0. The number of aliphatic carboxylic acids is 1. The second-order valence-corrected chi connectivity index (χ2v) is 11.3. The molecule has 2 heterocycles. The number of aromatic amines is 2. The lowest BCUT2D eigenvalue weighted by atomic mass is 10.00. The lowest BCUT2D eigenvalue weighted by Crippen LogP contribution is -2.58. The van der Waals surface area contributed by atoms with E-state index in [2.05, 4.69) is 30.9 Å². The van der Waals surface area contributed by atoms with E-state index >= 15 is 0 Å². The Labute approximate surface area is 255 Å². The number of hydrogen-bond donors (Lipinski definition) is 7. The maximum Gasteiger partial charge on any atom is 0.326 e. The average molecular weight is 602 g/mol. The fraction of sp³-hybridized carbons (Fsp3) is 0.344. The Morgan fingerprint density at radius 3 is 2.11 bits per heavy atom. The van der Waals surface area contributed by atoms with Gasteiger partial charge in [-0.05, 0) is 29.5 Å². The third-order valence-corrected chi connectivity index (χ3v) is 7.30. The standard InChI is InChI=1S/C32H39N7O5/c1-19(2)12-24(33)29(40)37-26(13-20-8-4-3-5-9-20)30(41)38-27(14-21-16-35-25-11-7-6-10-23(21)25)31(42)39-28(32(43)44)15-22-17-34-18-36-22/h3-11,16-19,24,26-28,35H,12-15,33H2,1-2H3,(H,34,36)(H,37,40)(H,38,41)(H,39,42)(H,43,44). The van der Waals surface area contributed by atoms with E-state index in [4.69, 9.17) is 5.73 Å². The Morgan fingerprint density at radius 1 is 0.818 bits per heavy atom. The number of rotatable bonds is 15. The SMILES string of the molecule is CC(C)CC(N)C(=O)NC(Cc1ccccc1)C(=O)NC(Cc1c[nH]c2ccccc12)C(=O)NC(Cc1cnc[nH]1)C(=O)O. The fourth-order valence-corrected chi connectivity index (χ4v) is 5.04. The fourth-order valence-electron chi connectivity index (χ4n) is 5.04. The Balaban J connectivity index is 1.60. The van der Waals surface area contributed by atoms with Crippen LogP contribution in [0.2, 0.25) is 0 Å². The Hall–Kier alpha value is -4.97. The van der Waals surface area contributed by atoms with Gasteiger partial charge >= 0.3 is 5.97 Å². The van der Waals surface area contributed by atoms with Gasteiger partial charge in [-0.15, -0.1) is 0 Å². The Bertz CT molecular complexity index is 1550. The van der Waals surface area contributed by atoms with E-state index in [1.165, 1.54) is 12.5 Å². The van der Waals surface area contributed by atoms with Gasteiger partial charge in [0, 0.05) is 48.3 Å². The van der Waals surface area contributed by atoms with E-state index in [-0.39, 0.29) is 25.2 Å². The molecule has 0 radical (unpaired) electrons. The summed E-state index contributed by atoms with van der Waals surface area (Å²) in [7, 11) is 0. The normalized spacial score (nSPS) is 14.0. The number of nitrogens with two attached hydrogens (primary N) is 1. The summed E-state index contributed by atoms with van der Waals surface area (Å²) in [5.74, 6) is -2.82. The van der Waals surface area contributed by atoms with Gasteiger partial charge in [0.1, 0.15) is 18.1 Å². The summed E-state index contributed by atoms with van der Waals surface area (Å²) in [4.78, 5) is 62.5. The van der Waals surface area contributed by atoms with Crippen molar-refractivity contribution in [1.82, 2.24) is 30.9 Å². The van der Waals surface area contributed by atoms with E-state index in [9.17, 15) is 24.3 Å². The summed E-state index contributed by atoms with van der Waals surface area (Å²) < 4.78 is 0. The number of carboxylic acids is 1. The molecule has 4 atom stereocenters. The third kappa shape index (κ3) is 8.77. The molecule has 232 valence electrons. The van der Waals surface area contributed by atoms with Crippen molar-refractivity contribution in [1.29, 1.82) is 0 Å². The average Bonchev–Trinajstić information content (AvgIpc) is 3.66. The number of imidazole rings is 1. The second kappa shape index (κ2) is 15.0. The van der Waals surface area contributed by atoms with Crippen molar-refractivity contribution in [3.8, 4) is 0 Å². The second-order valence-electron chi connectivity index (χ2n) is 11.3. The molecule has 4 rings (SSSR count). The number of aromatic nitrogens is 3. The quantitative estimate of drug-likeness (QED) is 0.108. The van der Waals surface area contributed by atoms with Crippen molar-refractivity contribution < 1.29 is 24.3 Å². The first-order valence-electron chi connectivity index (χ1n) is 14.6. The van der Waals surface area contributed by atoms with E-state index in [1.807, 2.05) is 68.4 Å². The van der Waals surface area contributed by atoms with Gasteiger partial charge in [0.05, 0.1) is 12.4 Å². The van der Waals surface area contributed by atoms with Gasteiger partial charge in [-0.1, -0.05) is 62.4 Å². The van der Waals surface area contributed by atoms with Crippen LogP contribution in [0.3, 0.4) is 0 Å². The minimum Gasteiger partial charge on any atom is -0.480 e. The van der Waals surface area contributed by atoms with E-state index < -0.39 is 47.9 Å². The van der Waals surface area contributed by atoms with Crippen molar-refractivity contribution in [2.75, 3.05) is 0 Å². The highest BCUT2D eigenvalue weighted by atomic mass is 16.4. The topological polar surface area (TPSA) is 195 Å². The van der Waals surface area contributed by atoms with Crippen LogP contribution in [-0.4, -0.2) is 67.9 Å². The van der Waals surface area contributed by atoms with Gasteiger partial charge in [-0.25, -0.2) is 9.78 Å². The summed E-state index contributed by atoms with van der Waals surface area (Å²) in [5.41, 5.74) is 9.05. The molecule has 12 nitrogen and oxygen atoms in total. The lowest BCUT2D eigenvalue weighted by molar-refractivity contribution is -0.142. The van der Waals surface area contributed by atoms with Gasteiger partial charge in [0.2, 0.25) is 17.7 Å². The van der Waals surface area contributed by atoms with Crippen LogP contribution in [0, 0.1) is 5.92 Å². The Kier molecular flexibility index (Phi) is 10.9. The molecule has 0 spiro atoms. The molecule has 44 heavy (non-hydrogen) atoms. The highest BCUT2D eigenvalue weighted by Gasteiger charge is 2.31. The molecular weight excluding hydrogens is 562 g/mol. The van der Waals surface area contributed by atoms with Crippen LogP contribution in [0.25, 0.3) is 10.9 Å². The lowest BCUT2D eigenvalue weighted by Gasteiger charge is -2.25. The number of fused-ring (bicyclic) bond motifs is 1. The largest absolute Gasteiger partial charge is 0.480 e. The molecule has 0 fully saturated rings. The molecule has 0 aliphatic carbocycles. The molecule has 3 amide bonds. The van der Waals surface area contributed by atoms with Crippen LogP contribution in [0.4, 0.5) is 0 Å². The molecule has 0 saturated heterocycles. The number of para-hydroxylation sites is 1. The number of nitrogens with one attached hydrogen (secondary N) is 5.